The van der Waals surface area contributed by atoms with Crippen molar-refractivity contribution in [2.45, 2.75) is 6.42 Å². The van der Waals surface area contributed by atoms with Gasteiger partial charge in [0.1, 0.15) is 15.6 Å². The second-order valence-corrected chi connectivity index (χ2v) is 6.15. The molecule has 6 nitrogen and oxygen atoms in total. The molecule has 18 heavy (non-hydrogen) atoms. The maximum atomic E-state index is 10.9. The molecule has 0 amide bonds. The summed E-state index contributed by atoms with van der Waals surface area (Å²) >= 11 is 0. The molecule has 3 N–H and O–H groups in total. The highest BCUT2D eigenvalue weighted by molar-refractivity contribution is 7.90. The van der Waals surface area contributed by atoms with Crippen LogP contribution in [-0.2, 0) is 9.84 Å². The van der Waals surface area contributed by atoms with Crippen LogP contribution in [0, 0.1) is 0 Å². The van der Waals surface area contributed by atoms with Crippen molar-refractivity contribution in [3.8, 4) is 5.75 Å². The second-order valence-electron chi connectivity index (χ2n) is 3.89. The molecule has 0 aliphatic rings. The average molecular weight is 273 g/mol. The molecule has 0 spiro atoms. The molecule has 0 saturated carbocycles. The third kappa shape index (κ3) is 4.62. The number of carboxylic acids is 1. The Kier molecular flexibility index (Phi) is 4.55. The van der Waals surface area contributed by atoms with E-state index in [1.54, 1.807) is 0 Å². The number of nitrogens with two attached hydrogens (primary N) is 1. The third-order valence-corrected chi connectivity index (χ3v) is 3.21. The molecular formula is C11H15NO5S. The molecule has 1 aromatic rings. The van der Waals surface area contributed by atoms with Crippen LogP contribution >= 0.6 is 0 Å². The second kappa shape index (κ2) is 5.72. The predicted octanol–water partition coefficient (Wildman–Crippen LogP) is 0.780. The Labute approximate surface area is 105 Å². The minimum absolute atomic E-state index is 0.0125. The Morgan fingerprint density at radius 1 is 1.44 bits per heavy atom. The van der Waals surface area contributed by atoms with Crippen LogP contribution in [0.3, 0.4) is 0 Å². The van der Waals surface area contributed by atoms with E-state index in [0.29, 0.717) is 12.2 Å². The molecule has 100 valence electrons. The maximum absolute atomic E-state index is 10.9. The van der Waals surface area contributed by atoms with E-state index in [2.05, 4.69) is 0 Å². The van der Waals surface area contributed by atoms with Gasteiger partial charge < -0.3 is 15.6 Å². The highest BCUT2D eigenvalue weighted by Gasteiger charge is 2.08. The molecule has 1 rings (SSSR count). The Hall–Kier alpha value is -1.76. The lowest BCUT2D eigenvalue weighted by Gasteiger charge is -2.07. The van der Waals surface area contributed by atoms with E-state index in [-0.39, 0.29) is 23.6 Å². The number of carboxylic acid groups (broad SMARTS) is 1. The van der Waals surface area contributed by atoms with Gasteiger partial charge in [0.2, 0.25) is 0 Å². The number of anilines is 1. The quantitative estimate of drug-likeness (QED) is 0.586. The summed E-state index contributed by atoms with van der Waals surface area (Å²) in [5.74, 6) is -0.627. The zero-order valence-electron chi connectivity index (χ0n) is 9.92. The van der Waals surface area contributed by atoms with Crippen LogP contribution in [-0.4, -0.2) is 38.1 Å². The topological polar surface area (TPSA) is 107 Å². The molecule has 0 atom stereocenters. The highest BCUT2D eigenvalue weighted by Crippen LogP contribution is 2.20. The SMILES string of the molecule is CS(=O)(=O)CCCOc1ccc(C(=O)O)c(N)c1. The van der Waals surface area contributed by atoms with Crippen molar-refractivity contribution in [3.63, 3.8) is 0 Å². The molecule has 0 unspecified atom stereocenters. The lowest BCUT2D eigenvalue weighted by atomic mass is 10.2. The number of nitrogen functional groups attached to an aromatic ring is 1. The maximum Gasteiger partial charge on any atom is 0.337 e. The predicted molar refractivity (Wildman–Crippen MR) is 67.6 cm³/mol. The van der Waals surface area contributed by atoms with E-state index in [4.69, 9.17) is 15.6 Å². The van der Waals surface area contributed by atoms with Gasteiger partial charge in [-0.25, -0.2) is 13.2 Å². The molecule has 0 bridgehead atoms. The summed E-state index contributed by atoms with van der Waals surface area (Å²) in [4.78, 5) is 10.7. The Morgan fingerprint density at radius 2 is 2.11 bits per heavy atom. The largest absolute Gasteiger partial charge is 0.493 e. The zero-order chi connectivity index (χ0) is 13.8. The number of rotatable bonds is 6. The first-order valence-corrected chi connectivity index (χ1v) is 7.29. The summed E-state index contributed by atoms with van der Waals surface area (Å²) in [5.41, 5.74) is 5.67. The Bertz CT molecular complexity index is 538. The number of sulfone groups is 1. The van der Waals surface area contributed by atoms with Crippen molar-refractivity contribution in [2.75, 3.05) is 24.3 Å². The molecule has 0 heterocycles. The summed E-state index contributed by atoms with van der Waals surface area (Å²) in [6, 6.07) is 4.24. The van der Waals surface area contributed by atoms with Crippen molar-refractivity contribution in [3.05, 3.63) is 23.8 Å². The molecular weight excluding hydrogens is 258 g/mol. The number of benzene rings is 1. The fraction of sp³-hybridized carbons (Fsp3) is 0.364. The highest BCUT2D eigenvalue weighted by atomic mass is 32.2. The van der Waals surface area contributed by atoms with Gasteiger partial charge in [-0.3, -0.25) is 0 Å². The average Bonchev–Trinajstić information content (AvgIpc) is 2.22. The number of ether oxygens (including phenoxy) is 1. The molecule has 0 fully saturated rings. The molecule has 7 heteroatoms. The molecule has 0 radical (unpaired) electrons. The monoisotopic (exact) mass is 273 g/mol. The molecule has 1 aromatic carbocycles. The van der Waals surface area contributed by atoms with Crippen LogP contribution in [0.5, 0.6) is 5.75 Å². The van der Waals surface area contributed by atoms with Gasteiger partial charge in [-0.2, -0.15) is 0 Å². The van der Waals surface area contributed by atoms with Gasteiger partial charge in [0.25, 0.3) is 0 Å². The third-order valence-electron chi connectivity index (χ3n) is 2.18. The summed E-state index contributed by atoms with van der Waals surface area (Å²) in [7, 11) is -2.99. The first kappa shape index (κ1) is 14.3. The van der Waals surface area contributed by atoms with Crippen molar-refractivity contribution in [1.29, 1.82) is 0 Å². The number of hydrogen-bond donors (Lipinski definition) is 2. The lowest BCUT2D eigenvalue weighted by molar-refractivity contribution is 0.0698. The lowest BCUT2D eigenvalue weighted by Crippen LogP contribution is -2.08. The fourth-order valence-electron chi connectivity index (χ4n) is 1.34. The number of aromatic carboxylic acids is 1. The number of hydrogen-bond acceptors (Lipinski definition) is 5. The van der Waals surface area contributed by atoms with E-state index < -0.39 is 15.8 Å². The summed E-state index contributed by atoms with van der Waals surface area (Å²) in [5, 5.41) is 8.77. The van der Waals surface area contributed by atoms with E-state index in [9.17, 15) is 13.2 Å². The van der Waals surface area contributed by atoms with Crippen LogP contribution in [0.4, 0.5) is 5.69 Å². The molecule has 0 aromatic heterocycles. The van der Waals surface area contributed by atoms with Crippen LogP contribution < -0.4 is 10.5 Å². The first-order chi connectivity index (χ1) is 8.29. The molecule has 0 aliphatic heterocycles. The van der Waals surface area contributed by atoms with Crippen LogP contribution in [0.15, 0.2) is 18.2 Å². The minimum Gasteiger partial charge on any atom is -0.493 e. The van der Waals surface area contributed by atoms with Crippen molar-refractivity contribution >= 4 is 21.5 Å². The van der Waals surface area contributed by atoms with E-state index in [1.807, 2.05) is 0 Å². The van der Waals surface area contributed by atoms with Crippen molar-refractivity contribution in [1.82, 2.24) is 0 Å². The van der Waals surface area contributed by atoms with Gasteiger partial charge in [-0.1, -0.05) is 0 Å². The molecule has 0 aliphatic carbocycles. The summed E-state index contributed by atoms with van der Waals surface area (Å²) in [6.45, 7) is 0.235. The van der Waals surface area contributed by atoms with E-state index >= 15 is 0 Å². The normalized spacial score (nSPS) is 11.2. The fourth-order valence-corrected chi connectivity index (χ4v) is 1.98. The van der Waals surface area contributed by atoms with Gasteiger partial charge in [0, 0.05) is 18.0 Å². The summed E-state index contributed by atoms with van der Waals surface area (Å²) < 4.78 is 27.0. The summed E-state index contributed by atoms with van der Waals surface area (Å²) in [6.07, 6.45) is 1.53. The van der Waals surface area contributed by atoms with Gasteiger partial charge in [0.05, 0.1) is 17.9 Å². The van der Waals surface area contributed by atoms with Crippen molar-refractivity contribution in [2.24, 2.45) is 0 Å². The Balaban J connectivity index is 2.54. The number of carbonyl (C=O) groups is 1. The van der Waals surface area contributed by atoms with Crippen LogP contribution in [0.1, 0.15) is 16.8 Å². The van der Waals surface area contributed by atoms with Gasteiger partial charge in [-0.05, 0) is 18.6 Å². The van der Waals surface area contributed by atoms with Crippen LogP contribution in [0.2, 0.25) is 0 Å². The first-order valence-electron chi connectivity index (χ1n) is 5.23. The minimum atomic E-state index is -2.99. The standard InChI is InChI=1S/C11H15NO5S/c1-18(15,16)6-2-5-17-8-3-4-9(11(13)14)10(12)7-8/h3-4,7H,2,5-6,12H2,1H3,(H,13,14). The van der Waals surface area contributed by atoms with Crippen LogP contribution in [0.25, 0.3) is 0 Å². The van der Waals surface area contributed by atoms with Gasteiger partial charge in [-0.15, -0.1) is 0 Å². The van der Waals surface area contributed by atoms with Gasteiger partial charge >= 0.3 is 5.97 Å². The smallest absolute Gasteiger partial charge is 0.337 e. The van der Waals surface area contributed by atoms with Gasteiger partial charge in [0.15, 0.2) is 0 Å². The van der Waals surface area contributed by atoms with E-state index in [1.165, 1.54) is 18.2 Å². The molecule has 0 saturated heterocycles. The zero-order valence-corrected chi connectivity index (χ0v) is 10.7. The Morgan fingerprint density at radius 3 is 2.61 bits per heavy atom. The van der Waals surface area contributed by atoms with Crippen molar-refractivity contribution < 1.29 is 23.1 Å². The van der Waals surface area contributed by atoms with E-state index in [0.717, 1.165) is 6.26 Å².